The zero-order valence-electron chi connectivity index (χ0n) is 13.9. The number of carbonyl (C=O) groups is 3. The molecule has 0 spiro atoms. The Bertz CT molecular complexity index is 650. The van der Waals surface area contributed by atoms with Gasteiger partial charge in [0, 0.05) is 12.3 Å². The van der Waals surface area contributed by atoms with Gasteiger partial charge in [-0.1, -0.05) is 23.9 Å². The van der Waals surface area contributed by atoms with Crippen molar-refractivity contribution in [1.29, 1.82) is 0 Å². The number of hydrazine groups is 1. The molecule has 2 N–H and O–H groups in total. The van der Waals surface area contributed by atoms with Gasteiger partial charge in [0.1, 0.15) is 12.3 Å². The fourth-order valence-electron chi connectivity index (χ4n) is 2.11. The van der Waals surface area contributed by atoms with Gasteiger partial charge >= 0.3 is 0 Å². The number of ether oxygens (including phenoxy) is 1. The topological polar surface area (TPSA) is 87.7 Å². The van der Waals surface area contributed by atoms with E-state index in [0.717, 1.165) is 11.1 Å². The zero-order chi connectivity index (χ0) is 17.7. The van der Waals surface area contributed by atoms with Gasteiger partial charge in [0.2, 0.25) is 0 Å². The fraction of sp³-hybridized carbons (Fsp3) is 0.438. The quantitative estimate of drug-likeness (QED) is 0.783. The molecule has 1 aromatic carbocycles. The smallest absolute Gasteiger partial charge is 0.282 e. The Morgan fingerprint density at radius 2 is 2.08 bits per heavy atom. The minimum absolute atomic E-state index is 0.0711. The van der Waals surface area contributed by atoms with Crippen molar-refractivity contribution < 1.29 is 19.1 Å². The molecule has 3 amide bonds. The number of hydrogen-bond acceptors (Lipinski definition) is 5. The number of nitrogens with zero attached hydrogens (tertiary/aromatic N) is 1. The van der Waals surface area contributed by atoms with Gasteiger partial charge < -0.3 is 9.64 Å². The van der Waals surface area contributed by atoms with Gasteiger partial charge in [-0.3, -0.25) is 25.2 Å². The molecule has 0 bridgehead atoms. The van der Waals surface area contributed by atoms with Gasteiger partial charge in [-0.05, 0) is 38.0 Å². The van der Waals surface area contributed by atoms with Crippen LogP contribution in [0.2, 0.25) is 0 Å². The summed E-state index contributed by atoms with van der Waals surface area (Å²) in [5.74, 6) is 0.396. The van der Waals surface area contributed by atoms with Crippen LogP contribution in [0.4, 0.5) is 4.79 Å². The molecule has 8 heteroatoms. The van der Waals surface area contributed by atoms with Gasteiger partial charge in [-0.25, -0.2) is 0 Å². The summed E-state index contributed by atoms with van der Waals surface area (Å²) in [7, 11) is 0. The lowest BCUT2D eigenvalue weighted by Crippen LogP contribution is -2.50. The number of aryl methyl sites for hydroxylation is 1. The average molecular weight is 351 g/mol. The van der Waals surface area contributed by atoms with E-state index >= 15 is 0 Å². The Morgan fingerprint density at radius 1 is 1.33 bits per heavy atom. The van der Waals surface area contributed by atoms with Crippen molar-refractivity contribution in [1.82, 2.24) is 15.8 Å². The van der Waals surface area contributed by atoms with Gasteiger partial charge in [0.05, 0.1) is 0 Å². The van der Waals surface area contributed by atoms with Crippen molar-refractivity contribution in [2.45, 2.75) is 26.9 Å². The lowest BCUT2D eigenvalue weighted by molar-refractivity contribution is -0.132. The number of hydrogen-bond donors (Lipinski definition) is 2. The lowest BCUT2D eigenvalue weighted by Gasteiger charge is -2.18. The molecule has 1 saturated heterocycles. The summed E-state index contributed by atoms with van der Waals surface area (Å²) in [4.78, 5) is 36.6. The number of rotatable bonds is 5. The molecule has 7 nitrogen and oxygen atoms in total. The number of nitrogens with one attached hydrogen (secondary N) is 2. The summed E-state index contributed by atoms with van der Waals surface area (Å²) in [6, 6.07) is 5.61. The molecule has 1 heterocycles. The standard InChI is InChI=1S/C16H21N3O4S/c1-10-5-4-6-13(11(10)2)23-12(3)15(21)18-17-14(20)9-19-7-8-24-16(19)22/h4-6,12H,7-9H2,1-3H3,(H,17,20)(H,18,21)/t12-/m1/s1. The first kappa shape index (κ1) is 18.1. The molecular weight excluding hydrogens is 330 g/mol. The molecule has 1 aliphatic heterocycles. The first-order chi connectivity index (χ1) is 11.4. The van der Waals surface area contributed by atoms with E-state index in [1.165, 1.54) is 16.7 Å². The van der Waals surface area contributed by atoms with Crippen LogP contribution in [0.3, 0.4) is 0 Å². The van der Waals surface area contributed by atoms with E-state index in [1.807, 2.05) is 26.0 Å². The van der Waals surface area contributed by atoms with Crippen LogP contribution in [0.15, 0.2) is 18.2 Å². The Kier molecular flexibility index (Phi) is 6.08. The predicted octanol–water partition coefficient (Wildman–Crippen LogP) is 1.39. The maximum absolute atomic E-state index is 12.0. The molecule has 0 radical (unpaired) electrons. The lowest BCUT2D eigenvalue weighted by atomic mass is 10.1. The Morgan fingerprint density at radius 3 is 2.75 bits per heavy atom. The minimum Gasteiger partial charge on any atom is -0.481 e. The predicted molar refractivity (Wildman–Crippen MR) is 91.7 cm³/mol. The molecule has 24 heavy (non-hydrogen) atoms. The molecular formula is C16H21N3O4S. The van der Waals surface area contributed by atoms with E-state index in [0.29, 0.717) is 18.0 Å². The first-order valence-electron chi connectivity index (χ1n) is 7.61. The number of amides is 3. The zero-order valence-corrected chi connectivity index (χ0v) is 14.7. The van der Waals surface area contributed by atoms with E-state index in [4.69, 9.17) is 4.74 Å². The van der Waals surface area contributed by atoms with Crippen LogP contribution in [0.5, 0.6) is 5.75 Å². The number of thioether (sulfide) groups is 1. The van der Waals surface area contributed by atoms with Crippen molar-refractivity contribution >= 4 is 28.8 Å². The second-order valence-corrected chi connectivity index (χ2v) is 6.58. The van der Waals surface area contributed by atoms with Crippen LogP contribution < -0.4 is 15.6 Å². The average Bonchev–Trinajstić information content (AvgIpc) is 2.94. The largest absolute Gasteiger partial charge is 0.481 e. The van der Waals surface area contributed by atoms with E-state index in [1.54, 1.807) is 13.0 Å². The van der Waals surface area contributed by atoms with Crippen molar-refractivity contribution in [3.8, 4) is 5.75 Å². The summed E-state index contributed by atoms with van der Waals surface area (Å²) < 4.78 is 5.64. The third-order valence-corrected chi connectivity index (χ3v) is 4.62. The SMILES string of the molecule is Cc1cccc(O[C@H](C)C(=O)NNC(=O)CN2CCSC2=O)c1C. The Labute approximate surface area is 145 Å². The first-order valence-corrected chi connectivity index (χ1v) is 8.60. The summed E-state index contributed by atoms with van der Waals surface area (Å²) >= 11 is 1.18. The van der Waals surface area contributed by atoms with Gasteiger partial charge in [-0.2, -0.15) is 0 Å². The third kappa shape index (κ3) is 4.64. The highest BCUT2D eigenvalue weighted by molar-refractivity contribution is 8.13. The molecule has 130 valence electrons. The molecule has 1 aromatic rings. The molecule has 1 atom stereocenters. The third-order valence-electron chi connectivity index (χ3n) is 3.73. The van der Waals surface area contributed by atoms with Crippen molar-refractivity contribution in [3.05, 3.63) is 29.3 Å². The van der Waals surface area contributed by atoms with Crippen LogP contribution >= 0.6 is 11.8 Å². The molecule has 2 rings (SSSR count). The number of carbonyl (C=O) groups excluding carboxylic acids is 3. The molecule has 1 fully saturated rings. The van der Waals surface area contributed by atoms with E-state index in [2.05, 4.69) is 10.9 Å². The Balaban J connectivity index is 1.80. The van der Waals surface area contributed by atoms with Crippen molar-refractivity contribution in [2.24, 2.45) is 0 Å². The summed E-state index contributed by atoms with van der Waals surface area (Å²) in [6.45, 7) is 5.95. The Hall–Kier alpha value is -2.22. The maximum Gasteiger partial charge on any atom is 0.282 e. The fourth-order valence-corrected chi connectivity index (χ4v) is 2.94. The highest BCUT2D eigenvalue weighted by atomic mass is 32.2. The molecule has 0 unspecified atom stereocenters. The molecule has 1 aliphatic rings. The van der Waals surface area contributed by atoms with Crippen LogP contribution in [0.25, 0.3) is 0 Å². The summed E-state index contributed by atoms with van der Waals surface area (Å²) in [5, 5.41) is -0.122. The van der Waals surface area contributed by atoms with Crippen molar-refractivity contribution in [3.63, 3.8) is 0 Å². The maximum atomic E-state index is 12.0. The van der Waals surface area contributed by atoms with E-state index < -0.39 is 17.9 Å². The minimum atomic E-state index is -0.769. The normalized spacial score (nSPS) is 15.1. The van der Waals surface area contributed by atoms with Crippen molar-refractivity contribution in [2.75, 3.05) is 18.8 Å². The van der Waals surface area contributed by atoms with Gasteiger partial charge in [0.15, 0.2) is 6.10 Å². The van der Waals surface area contributed by atoms with Crippen LogP contribution in [-0.4, -0.2) is 46.9 Å². The monoisotopic (exact) mass is 351 g/mol. The van der Waals surface area contributed by atoms with E-state index in [9.17, 15) is 14.4 Å². The number of benzene rings is 1. The van der Waals surface area contributed by atoms with Crippen LogP contribution in [0.1, 0.15) is 18.1 Å². The van der Waals surface area contributed by atoms with Gasteiger partial charge in [-0.15, -0.1) is 0 Å². The molecule has 0 saturated carbocycles. The summed E-state index contributed by atoms with van der Waals surface area (Å²) in [6.07, 6.45) is -0.769. The molecule has 0 aromatic heterocycles. The highest BCUT2D eigenvalue weighted by Gasteiger charge is 2.24. The van der Waals surface area contributed by atoms with Gasteiger partial charge in [0.25, 0.3) is 17.1 Å². The second kappa shape index (κ2) is 8.05. The molecule has 0 aliphatic carbocycles. The summed E-state index contributed by atoms with van der Waals surface area (Å²) in [5.41, 5.74) is 6.65. The highest BCUT2D eigenvalue weighted by Crippen LogP contribution is 2.21. The van der Waals surface area contributed by atoms with E-state index in [-0.39, 0.29) is 11.8 Å². The second-order valence-electron chi connectivity index (χ2n) is 5.53. The van der Waals surface area contributed by atoms with Crippen LogP contribution in [-0.2, 0) is 9.59 Å². The van der Waals surface area contributed by atoms with Crippen LogP contribution in [0, 0.1) is 13.8 Å².